The SMILES string of the molecule is N#CC(C#N)=c1s/c(=C\c2cc(N(c3ccccc3)c3ccccc3)c(/C=c3\sc(=C(C#N)C#N)n(-c4ccccc4)c3=O)cc2N(c2ccccc2)c2ccccc2)c(=O)n1-c1ccccc1. The summed E-state index contributed by atoms with van der Waals surface area (Å²) in [6.45, 7) is 0. The van der Waals surface area contributed by atoms with Gasteiger partial charge < -0.3 is 9.80 Å². The van der Waals surface area contributed by atoms with Gasteiger partial charge in [-0.25, -0.2) is 0 Å². The molecule has 0 spiro atoms. The molecule has 12 heteroatoms. The van der Waals surface area contributed by atoms with Crippen LogP contribution in [0.25, 0.3) is 34.7 Å². The van der Waals surface area contributed by atoms with Gasteiger partial charge in [-0.1, -0.05) is 109 Å². The van der Waals surface area contributed by atoms with Crippen molar-refractivity contribution in [2.75, 3.05) is 9.80 Å². The highest BCUT2D eigenvalue weighted by molar-refractivity contribution is 7.07. The molecule has 322 valence electrons. The molecule has 0 saturated heterocycles. The zero-order chi connectivity index (χ0) is 47.0. The quantitative estimate of drug-likeness (QED) is 0.132. The number of para-hydroxylation sites is 6. The molecule has 0 aliphatic heterocycles. The Hall–Kier alpha value is -9.56. The Morgan fingerprint density at radius 1 is 0.412 bits per heavy atom. The number of thiazole rings is 2. The molecular weight excluding hydrogens is 881 g/mol. The molecule has 7 aromatic carbocycles. The number of anilines is 6. The van der Waals surface area contributed by atoms with E-state index in [1.165, 1.54) is 9.13 Å². The van der Waals surface area contributed by atoms with E-state index in [2.05, 4.69) is 9.80 Å². The summed E-state index contributed by atoms with van der Waals surface area (Å²) in [5, 5.41) is 40.5. The minimum Gasteiger partial charge on any atom is -0.310 e. The molecule has 9 rings (SSSR count). The molecule has 68 heavy (non-hydrogen) atoms. The van der Waals surface area contributed by atoms with Gasteiger partial charge in [0, 0.05) is 33.9 Å². The van der Waals surface area contributed by atoms with Crippen molar-refractivity contribution < 1.29 is 0 Å². The van der Waals surface area contributed by atoms with Crippen LogP contribution in [0.15, 0.2) is 204 Å². The molecule has 9 aromatic rings. The third-order valence-electron chi connectivity index (χ3n) is 10.8. The topological polar surface area (TPSA) is 146 Å². The van der Waals surface area contributed by atoms with Crippen LogP contribution in [-0.4, -0.2) is 9.13 Å². The largest absolute Gasteiger partial charge is 0.310 e. The number of hydrogen-bond acceptors (Lipinski definition) is 10. The first-order valence-electron chi connectivity index (χ1n) is 21.1. The molecule has 10 nitrogen and oxygen atoms in total. The minimum atomic E-state index is -0.425. The fourth-order valence-corrected chi connectivity index (χ4v) is 9.93. The first-order valence-corrected chi connectivity index (χ1v) is 22.7. The van der Waals surface area contributed by atoms with E-state index in [1.54, 1.807) is 60.7 Å². The maximum atomic E-state index is 14.8. The lowest BCUT2D eigenvalue weighted by Gasteiger charge is -2.31. The second-order valence-corrected chi connectivity index (χ2v) is 17.0. The number of benzene rings is 7. The smallest absolute Gasteiger partial charge is 0.273 e. The first-order chi connectivity index (χ1) is 33.4. The van der Waals surface area contributed by atoms with Crippen molar-refractivity contribution in [3.05, 3.63) is 244 Å². The van der Waals surface area contributed by atoms with Crippen LogP contribution in [0.3, 0.4) is 0 Å². The average molecular weight is 915 g/mol. The van der Waals surface area contributed by atoms with Crippen LogP contribution in [-0.2, 0) is 0 Å². The Kier molecular flexibility index (Phi) is 12.6. The highest BCUT2D eigenvalue weighted by atomic mass is 32.1. The van der Waals surface area contributed by atoms with Crippen molar-refractivity contribution in [1.82, 2.24) is 9.13 Å². The Balaban J connectivity index is 1.48. The second-order valence-electron chi connectivity index (χ2n) is 15.0. The number of hydrogen-bond donors (Lipinski definition) is 0. The molecule has 0 bridgehead atoms. The van der Waals surface area contributed by atoms with Gasteiger partial charge in [0.2, 0.25) is 0 Å². The summed E-state index contributed by atoms with van der Waals surface area (Å²) in [7, 11) is 0. The highest BCUT2D eigenvalue weighted by Crippen LogP contribution is 2.44. The predicted molar refractivity (Wildman–Crippen MR) is 271 cm³/mol. The molecule has 0 fully saturated rings. The van der Waals surface area contributed by atoms with Gasteiger partial charge in [0.25, 0.3) is 11.1 Å². The number of rotatable bonds is 10. The minimum absolute atomic E-state index is 0.191. The van der Waals surface area contributed by atoms with Crippen LogP contribution in [0.2, 0.25) is 0 Å². The molecule has 2 heterocycles. The summed E-state index contributed by atoms with van der Waals surface area (Å²) < 4.78 is 3.69. The molecule has 0 N–H and O–H groups in total. The molecule has 2 aromatic heterocycles. The number of aromatic nitrogens is 2. The number of nitriles is 4. The van der Waals surface area contributed by atoms with Gasteiger partial charge in [-0.15, -0.1) is 22.7 Å². The molecule has 0 unspecified atom stereocenters. The van der Waals surface area contributed by atoms with Gasteiger partial charge in [0.05, 0.1) is 31.8 Å². The molecule has 0 radical (unpaired) electrons. The van der Waals surface area contributed by atoms with E-state index in [-0.39, 0.29) is 29.5 Å². The monoisotopic (exact) mass is 914 g/mol. The normalized spacial score (nSPS) is 11.2. The zero-order valence-corrected chi connectivity index (χ0v) is 37.5. The van der Waals surface area contributed by atoms with E-state index < -0.39 is 11.1 Å². The van der Waals surface area contributed by atoms with Crippen LogP contribution in [0.5, 0.6) is 0 Å². The summed E-state index contributed by atoms with van der Waals surface area (Å²) in [4.78, 5) is 33.7. The van der Waals surface area contributed by atoms with Crippen molar-refractivity contribution >= 4 is 80.1 Å². The Morgan fingerprint density at radius 3 is 0.941 bits per heavy atom. The van der Waals surface area contributed by atoms with Gasteiger partial charge in [0.1, 0.15) is 33.6 Å². The lowest BCUT2D eigenvalue weighted by atomic mass is 10.0. The van der Waals surface area contributed by atoms with Gasteiger partial charge in [-0.2, -0.15) is 21.0 Å². The van der Waals surface area contributed by atoms with Gasteiger partial charge in [-0.05, 0) is 97.1 Å². The highest BCUT2D eigenvalue weighted by Gasteiger charge is 2.23. The van der Waals surface area contributed by atoms with Crippen LogP contribution in [0.1, 0.15) is 11.1 Å². The molecule has 0 aliphatic rings. The van der Waals surface area contributed by atoms with Crippen LogP contribution < -0.4 is 39.3 Å². The van der Waals surface area contributed by atoms with Crippen molar-refractivity contribution in [1.29, 1.82) is 21.0 Å². The van der Waals surface area contributed by atoms with Gasteiger partial charge in [0.15, 0.2) is 11.1 Å². The Bertz CT molecular complexity index is 3510. The Morgan fingerprint density at radius 2 is 0.676 bits per heavy atom. The first kappa shape index (κ1) is 43.7. The molecule has 0 amide bonds. The van der Waals surface area contributed by atoms with Crippen molar-refractivity contribution in [3.63, 3.8) is 0 Å². The van der Waals surface area contributed by atoms with Gasteiger partial charge >= 0.3 is 0 Å². The standard InChI is InChI=1S/C56H34N8O2S2/c57-35-41(36-58)55-63(47-27-15-5-16-28-47)53(65)51(67-55)33-39-32-50(62(45-23-11-3-12-24-45)46-25-13-4-14-26-46)40(31-49(39)61(43-19-7-1-8-20-43)44-21-9-2-10-22-44)34-52-54(66)64(48-29-17-6-18-30-48)56(68-52)42(37-59)38-60/h1-34H/b51-33-,52-34-. The molecule has 0 atom stereocenters. The lowest BCUT2D eigenvalue weighted by molar-refractivity contribution is 0.988. The van der Waals surface area contributed by atoms with E-state index in [4.69, 9.17) is 0 Å². The summed E-state index contributed by atoms with van der Waals surface area (Å²) in [6, 6.07) is 68.7. The summed E-state index contributed by atoms with van der Waals surface area (Å²) >= 11 is 2.09. The average Bonchev–Trinajstić information content (AvgIpc) is 3.89. The van der Waals surface area contributed by atoms with E-state index in [1.807, 2.05) is 170 Å². The van der Waals surface area contributed by atoms with E-state index in [0.29, 0.717) is 33.9 Å². The van der Waals surface area contributed by atoms with E-state index in [0.717, 1.165) is 45.4 Å². The lowest BCUT2D eigenvalue weighted by Crippen LogP contribution is -2.31. The second kappa shape index (κ2) is 19.7. The van der Waals surface area contributed by atoms with Gasteiger partial charge in [-0.3, -0.25) is 18.7 Å². The third kappa shape index (κ3) is 8.55. The Labute approximate surface area is 398 Å². The van der Waals surface area contributed by atoms with E-state index >= 15 is 0 Å². The maximum absolute atomic E-state index is 14.8. The zero-order valence-electron chi connectivity index (χ0n) is 35.8. The molecule has 0 aliphatic carbocycles. The summed E-state index contributed by atoms with van der Waals surface area (Å²) in [6.07, 6.45) is 3.56. The van der Waals surface area contributed by atoms with Crippen molar-refractivity contribution in [2.45, 2.75) is 0 Å². The van der Waals surface area contributed by atoms with Crippen LogP contribution >= 0.6 is 22.7 Å². The fourth-order valence-electron chi connectivity index (χ4n) is 7.84. The number of nitrogens with zero attached hydrogens (tertiary/aromatic N) is 8. The maximum Gasteiger partial charge on any atom is 0.273 e. The predicted octanol–water partition coefficient (Wildman–Crippen LogP) is 9.10. The van der Waals surface area contributed by atoms with Crippen molar-refractivity contribution in [2.24, 2.45) is 0 Å². The van der Waals surface area contributed by atoms with Crippen LogP contribution in [0, 0.1) is 45.3 Å². The van der Waals surface area contributed by atoms with Crippen LogP contribution in [0.4, 0.5) is 34.1 Å². The third-order valence-corrected chi connectivity index (χ3v) is 13.0. The van der Waals surface area contributed by atoms with E-state index in [9.17, 15) is 30.6 Å². The van der Waals surface area contributed by atoms with Crippen molar-refractivity contribution in [3.8, 4) is 35.7 Å². The fraction of sp³-hybridized carbons (Fsp3) is 0. The molecule has 0 saturated carbocycles. The molecular formula is C56H34N8O2S2. The summed E-state index contributed by atoms with van der Waals surface area (Å²) in [5.74, 6) is 0. The summed E-state index contributed by atoms with van der Waals surface area (Å²) in [5.41, 5.74) is 5.30.